The van der Waals surface area contributed by atoms with Gasteiger partial charge in [-0.05, 0) is 18.1 Å². The first kappa shape index (κ1) is 9.69. The zero-order valence-corrected chi connectivity index (χ0v) is 7.72. The third-order valence-electron chi connectivity index (χ3n) is 1.27. The molecule has 13 heavy (non-hydrogen) atoms. The van der Waals surface area contributed by atoms with E-state index in [2.05, 4.69) is 16.6 Å². The van der Waals surface area contributed by atoms with Crippen molar-refractivity contribution in [1.29, 1.82) is 0 Å². The lowest BCUT2D eigenvalue weighted by molar-refractivity contribution is 0.0564. The second-order valence-corrected chi connectivity index (χ2v) is 2.36. The molecule has 0 N–H and O–H groups in total. The number of alkyl halides is 1. The van der Waals surface area contributed by atoms with Gasteiger partial charge in [-0.2, -0.15) is 0 Å². The van der Waals surface area contributed by atoms with Crippen molar-refractivity contribution in [1.82, 2.24) is 0 Å². The summed E-state index contributed by atoms with van der Waals surface area (Å²) in [5, 5.41) is 0. The maximum absolute atomic E-state index is 10.9. The van der Waals surface area contributed by atoms with Crippen LogP contribution < -0.4 is 0 Å². The second kappa shape index (κ2) is 4.58. The first-order chi connectivity index (χ1) is 6.27. The number of hydrogen-bond donors (Lipinski definition) is 0. The Balaban J connectivity index is 2.80. The molecule has 0 aliphatic heterocycles. The van der Waals surface area contributed by atoms with Gasteiger partial charge in [-0.25, -0.2) is 4.79 Å². The van der Waals surface area contributed by atoms with Crippen LogP contribution in [-0.4, -0.2) is 19.0 Å². The van der Waals surface area contributed by atoms with Crippen molar-refractivity contribution in [3.63, 3.8) is 0 Å². The highest BCUT2D eigenvalue weighted by molar-refractivity contribution is 6.19. The Morgan fingerprint density at radius 3 is 3.08 bits per heavy atom. The highest BCUT2D eigenvalue weighted by Gasteiger charge is 2.09. The molecule has 0 amide bonds. The maximum Gasteiger partial charge on any atom is 0.374 e. The number of esters is 1. The third kappa shape index (κ3) is 2.53. The Bertz CT molecular complexity index is 356. The summed E-state index contributed by atoms with van der Waals surface area (Å²) in [7, 11) is 1.29. The molecule has 0 aliphatic carbocycles. The Morgan fingerprint density at radius 2 is 2.46 bits per heavy atom. The number of rotatable bonds is 1. The monoisotopic (exact) mass is 198 g/mol. The number of carbonyl (C=O) groups excluding carboxylic acids is 1. The van der Waals surface area contributed by atoms with E-state index in [1.165, 1.54) is 13.2 Å². The molecule has 68 valence electrons. The fraction of sp³-hybridized carbons (Fsp3) is 0.222. The summed E-state index contributed by atoms with van der Waals surface area (Å²) >= 11 is 5.34. The average molecular weight is 199 g/mol. The van der Waals surface area contributed by atoms with Gasteiger partial charge in [0.2, 0.25) is 5.76 Å². The van der Waals surface area contributed by atoms with Crippen LogP contribution in [0.2, 0.25) is 0 Å². The van der Waals surface area contributed by atoms with E-state index in [1.54, 1.807) is 6.07 Å². The zero-order valence-electron chi connectivity index (χ0n) is 6.96. The number of furan rings is 1. The van der Waals surface area contributed by atoms with Gasteiger partial charge in [0, 0.05) is 0 Å². The fourth-order valence-corrected chi connectivity index (χ4v) is 0.803. The Kier molecular flexibility index (Phi) is 3.41. The topological polar surface area (TPSA) is 39.4 Å². The molecule has 4 heteroatoms. The molecule has 0 aliphatic rings. The van der Waals surface area contributed by atoms with E-state index in [4.69, 9.17) is 16.0 Å². The van der Waals surface area contributed by atoms with Crippen LogP contribution in [0.15, 0.2) is 16.5 Å². The van der Waals surface area contributed by atoms with Gasteiger partial charge in [-0.1, -0.05) is 5.92 Å². The van der Waals surface area contributed by atoms with Gasteiger partial charge in [0.15, 0.2) is 5.76 Å². The quantitative estimate of drug-likeness (QED) is 0.391. The Morgan fingerprint density at radius 1 is 1.69 bits per heavy atom. The highest BCUT2D eigenvalue weighted by Crippen LogP contribution is 2.07. The van der Waals surface area contributed by atoms with Gasteiger partial charge in [-0.15, -0.1) is 11.6 Å². The van der Waals surface area contributed by atoms with E-state index in [1.807, 2.05) is 0 Å². The van der Waals surface area contributed by atoms with Crippen molar-refractivity contribution < 1.29 is 13.9 Å². The lowest BCUT2D eigenvalue weighted by Crippen LogP contribution is -1.98. The predicted octanol–water partition coefficient (Wildman–Crippen LogP) is 1.66. The number of methoxy groups -OCH3 is 1. The lowest BCUT2D eigenvalue weighted by Gasteiger charge is -1.90. The van der Waals surface area contributed by atoms with Gasteiger partial charge in [0.1, 0.15) is 0 Å². The number of halogens is 1. The molecule has 1 aromatic heterocycles. The van der Waals surface area contributed by atoms with Crippen molar-refractivity contribution in [2.45, 2.75) is 0 Å². The third-order valence-corrected chi connectivity index (χ3v) is 1.40. The molecule has 0 aromatic carbocycles. The minimum atomic E-state index is -0.515. The summed E-state index contributed by atoms with van der Waals surface area (Å²) in [4.78, 5) is 10.9. The predicted molar refractivity (Wildman–Crippen MR) is 47.6 cm³/mol. The summed E-state index contributed by atoms with van der Waals surface area (Å²) < 4.78 is 9.48. The maximum atomic E-state index is 10.9. The second-order valence-electron chi connectivity index (χ2n) is 2.09. The summed E-state index contributed by atoms with van der Waals surface area (Å²) in [6, 6.07) is 3.09. The van der Waals surface area contributed by atoms with Crippen LogP contribution in [0.4, 0.5) is 0 Å². The van der Waals surface area contributed by atoms with Gasteiger partial charge >= 0.3 is 5.97 Å². The summed E-state index contributed by atoms with van der Waals surface area (Å²) in [6.07, 6.45) is 0. The van der Waals surface area contributed by atoms with Crippen LogP contribution in [-0.2, 0) is 4.74 Å². The molecule has 1 aromatic rings. The van der Waals surface area contributed by atoms with Crippen LogP contribution >= 0.6 is 11.6 Å². The van der Waals surface area contributed by atoms with Crippen molar-refractivity contribution >= 4 is 17.6 Å². The van der Waals surface area contributed by atoms with Crippen LogP contribution in [0.5, 0.6) is 0 Å². The smallest absolute Gasteiger partial charge is 0.374 e. The Hall–Kier alpha value is -1.40. The van der Waals surface area contributed by atoms with Crippen molar-refractivity contribution in [2.75, 3.05) is 13.0 Å². The van der Waals surface area contributed by atoms with Gasteiger partial charge in [0.25, 0.3) is 0 Å². The Labute approximate surface area is 80.6 Å². The molecule has 0 atom stereocenters. The number of carbonyl (C=O) groups is 1. The standard InChI is InChI=1S/C9H7ClO3/c1-12-9(11)8-5-4-7(13-8)3-2-6-10/h4-5H,6H2,1H3. The molecule has 3 nitrogen and oxygen atoms in total. The lowest BCUT2D eigenvalue weighted by atomic mass is 10.4. The van der Waals surface area contributed by atoms with Crippen molar-refractivity contribution in [3.8, 4) is 11.8 Å². The van der Waals surface area contributed by atoms with Crippen LogP contribution in [0, 0.1) is 11.8 Å². The molecule has 0 bridgehead atoms. The average Bonchev–Trinajstić information content (AvgIpc) is 2.62. The molecule has 1 rings (SSSR count). The summed E-state index contributed by atoms with van der Waals surface area (Å²) in [6.45, 7) is 0. The van der Waals surface area contributed by atoms with Gasteiger partial charge in [-0.3, -0.25) is 0 Å². The molecule has 0 radical (unpaired) electrons. The normalized spacial score (nSPS) is 8.77. The minimum Gasteiger partial charge on any atom is -0.463 e. The van der Waals surface area contributed by atoms with E-state index in [9.17, 15) is 4.79 Å². The SMILES string of the molecule is COC(=O)c1ccc(C#CCCl)o1. The minimum absolute atomic E-state index is 0.140. The molecule has 0 saturated carbocycles. The molecule has 0 unspecified atom stereocenters. The van der Waals surface area contributed by atoms with E-state index in [0.717, 1.165) is 0 Å². The van der Waals surface area contributed by atoms with Crippen LogP contribution in [0.1, 0.15) is 16.3 Å². The molecule has 0 spiro atoms. The van der Waals surface area contributed by atoms with E-state index < -0.39 is 5.97 Å². The van der Waals surface area contributed by atoms with Gasteiger partial charge < -0.3 is 9.15 Å². The van der Waals surface area contributed by atoms with Crippen molar-refractivity contribution in [3.05, 3.63) is 23.7 Å². The molecular formula is C9H7ClO3. The number of ether oxygens (including phenoxy) is 1. The first-order valence-electron chi connectivity index (χ1n) is 3.51. The first-order valence-corrected chi connectivity index (χ1v) is 4.04. The van der Waals surface area contributed by atoms with Crippen LogP contribution in [0.25, 0.3) is 0 Å². The van der Waals surface area contributed by atoms with E-state index in [-0.39, 0.29) is 11.6 Å². The summed E-state index contributed by atoms with van der Waals surface area (Å²) in [5.74, 6) is 5.50. The molecule has 0 fully saturated rings. The zero-order chi connectivity index (χ0) is 9.68. The molecule has 1 heterocycles. The van der Waals surface area contributed by atoms with Gasteiger partial charge in [0.05, 0.1) is 13.0 Å². The van der Waals surface area contributed by atoms with Crippen molar-refractivity contribution in [2.24, 2.45) is 0 Å². The molecule has 0 saturated heterocycles. The largest absolute Gasteiger partial charge is 0.463 e. The fourth-order valence-electron chi connectivity index (χ4n) is 0.736. The van der Waals surface area contributed by atoms with E-state index in [0.29, 0.717) is 5.76 Å². The number of hydrogen-bond acceptors (Lipinski definition) is 3. The van der Waals surface area contributed by atoms with Crippen LogP contribution in [0.3, 0.4) is 0 Å². The highest BCUT2D eigenvalue weighted by atomic mass is 35.5. The van der Waals surface area contributed by atoms with E-state index >= 15 is 0 Å². The summed E-state index contributed by atoms with van der Waals surface area (Å²) in [5.41, 5.74) is 0. The molecular weight excluding hydrogens is 192 g/mol.